The summed E-state index contributed by atoms with van der Waals surface area (Å²) in [5.74, 6) is -3.49. The second kappa shape index (κ2) is 12.0. The summed E-state index contributed by atoms with van der Waals surface area (Å²) in [5.41, 5.74) is -3.17. The van der Waals surface area contributed by atoms with Crippen LogP contribution in [0.15, 0.2) is 34.6 Å². The molecular weight excluding hydrogens is 608 g/mol. The zero-order valence-corrected chi connectivity index (χ0v) is 22.4. The van der Waals surface area contributed by atoms with Gasteiger partial charge < -0.3 is 15.7 Å². The summed E-state index contributed by atoms with van der Waals surface area (Å²) >= 11 is 6.93. The predicted octanol–water partition coefficient (Wildman–Crippen LogP) is 4.36. The van der Waals surface area contributed by atoms with Crippen molar-refractivity contribution in [3.8, 4) is 11.1 Å². The third kappa shape index (κ3) is 7.82. The van der Waals surface area contributed by atoms with Gasteiger partial charge in [-0.25, -0.2) is 0 Å². The SMILES string of the molecule is C[C@H](NC(=O)CN1C(=O)C(=Cc2cc(-c3cc(C(F)(F)F)cc(C(F)(F)F)c3)cs2)SC1=S)C(=O)NCC(=O)O. The number of carbonyl (C=O) groups excluding carboxylic acids is 3. The van der Waals surface area contributed by atoms with Gasteiger partial charge in [0.25, 0.3) is 5.91 Å². The lowest BCUT2D eigenvalue weighted by atomic mass is 10.0. The number of thiophene rings is 1. The van der Waals surface area contributed by atoms with Gasteiger partial charge in [0.1, 0.15) is 23.5 Å². The van der Waals surface area contributed by atoms with E-state index in [-0.39, 0.29) is 26.4 Å². The van der Waals surface area contributed by atoms with Crippen molar-refractivity contribution in [1.82, 2.24) is 15.5 Å². The number of thioether (sulfide) groups is 1. The van der Waals surface area contributed by atoms with Crippen molar-refractivity contribution in [2.75, 3.05) is 13.1 Å². The van der Waals surface area contributed by atoms with E-state index >= 15 is 0 Å². The highest BCUT2D eigenvalue weighted by molar-refractivity contribution is 8.26. The molecule has 1 aromatic heterocycles. The molecule has 8 nitrogen and oxygen atoms in total. The summed E-state index contributed by atoms with van der Waals surface area (Å²) in [6, 6.07) is 1.43. The van der Waals surface area contributed by atoms with Crippen molar-refractivity contribution in [2.24, 2.45) is 0 Å². The largest absolute Gasteiger partial charge is 0.480 e. The van der Waals surface area contributed by atoms with Crippen LogP contribution in [0.25, 0.3) is 17.2 Å². The summed E-state index contributed by atoms with van der Waals surface area (Å²) in [6.07, 6.45) is -8.67. The van der Waals surface area contributed by atoms with E-state index in [0.717, 1.165) is 28.0 Å². The van der Waals surface area contributed by atoms with Crippen LogP contribution >= 0.6 is 35.3 Å². The maximum Gasteiger partial charge on any atom is 0.416 e. The first-order valence-electron chi connectivity index (χ1n) is 10.9. The average molecular weight is 626 g/mol. The number of hydrogen-bond donors (Lipinski definition) is 3. The molecule has 0 saturated carbocycles. The van der Waals surface area contributed by atoms with Crippen molar-refractivity contribution in [3.63, 3.8) is 0 Å². The van der Waals surface area contributed by atoms with Gasteiger partial charge >= 0.3 is 18.3 Å². The second-order valence-corrected chi connectivity index (χ2v) is 10.8. The molecule has 3 N–H and O–H groups in total. The monoisotopic (exact) mass is 625 g/mol. The summed E-state index contributed by atoms with van der Waals surface area (Å²) < 4.78 is 79.2. The van der Waals surface area contributed by atoms with Gasteiger partial charge in [-0.2, -0.15) is 26.3 Å². The Balaban J connectivity index is 1.75. The number of halogens is 6. The zero-order chi connectivity index (χ0) is 30.0. The number of benzene rings is 1. The Morgan fingerprint density at radius 2 is 1.65 bits per heavy atom. The molecule has 1 aliphatic rings. The number of thiocarbonyl (C=S) groups is 1. The molecule has 0 spiro atoms. The van der Waals surface area contributed by atoms with Crippen LogP contribution < -0.4 is 10.6 Å². The van der Waals surface area contributed by atoms with Crippen LogP contribution in [-0.2, 0) is 31.5 Å². The summed E-state index contributed by atoms with van der Waals surface area (Å²) in [5, 5.41) is 14.3. The van der Waals surface area contributed by atoms with Gasteiger partial charge in [-0.15, -0.1) is 11.3 Å². The van der Waals surface area contributed by atoms with Gasteiger partial charge in [0.05, 0.1) is 16.0 Å². The molecule has 214 valence electrons. The smallest absolute Gasteiger partial charge is 0.416 e. The molecule has 0 unspecified atom stereocenters. The number of carbonyl (C=O) groups is 4. The maximum atomic E-state index is 13.2. The highest BCUT2D eigenvalue weighted by atomic mass is 32.2. The van der Waals surface area contributed by atoms with Gasteiger partial charge in [0, 0.05) is 4.88 Å². The minimum atomic E-state index is -5.00. The predicted molar refractivity (Wildman–Crippen MR) is 138 cm³/mol. The van der Waals surface area contributed by atoms with Crippen LogP contribution in [0.4, 0.5) is 26.3 Å². The molecule has 1 aliphatic heterocycles. The van der Waals surface area contributed by atoms with E-state index < -0.39 is 66.3 Å². The maximum absolute atomic E-state index is 13.2. The Hall–Kier alpha value is -3.44. The minimum absolute atomic E-state index is 0.00106. The van der Waals surface area contributed by atoms with Crippen LogP contribution in [0.2, 0.25) is 0 Å². The lowest BCUT2D eigenvalue weighted by Crippen LogP contribution is -2.49. The minimum Gasteiger partial charge on any atom is -0.480 e. The number of aliphatic carboxylic acids is 1. The first kappa shape index (κ1) is 31.1. The van der Waals surface area contributed by atoms with Crippen LogP contribution in [0, 0.1) is 0 Å². The molecule has 40 heavy (non-hydrogen) atoms. The molecule has 2 heterocycles. The summed E-state index contributed by atoms with van der Waals surface area (Å²) in [6.45, 7) is 0.0919. The lowest BCUT2D eigenvalue weighted by Gasteiger charge is -2.17. The Kier molecular flexibility index (Phi) is 9.31. The molecule has 1 saturated heterocycles. The topological polar surface area (TPSA) is 116 Å². The average Bonchev–Trinajstić information content (AvgIpc) is 3.41. The number of nitrogens with zero attached hydrogens (tertiary/aromatic N) is 1. The first-order chi connectivity index (χ1) is 18.5. The summed E-state index contributed by atoms with van der Waals surface area (Å²) in [4.78, 5) is 48.8. The molecule has 0 radical (unpaired) electrons. The van der Waals surface area contributed by atoms with Crippen molar-refractivity contribution in [2.45, 2.75) is 25.3 Å². The van der Waals surface area contributed by atoms with Crippen molar-refractivity contribution >= 4 is 69.4 Å². The highest BCUT2D eigenvalue weighted by Crippen LogP contribution is 2.40. The molecular formula is C23H17F6N3O5S3. The molecule has 1 atom stereocenters. The molecule has 0 bridgehead atoms. The van der Waals surface area contributed by atoms with E-state index in [9.17, 15) is 45.5 Å². The van der Waals surface area contributed by atoms with E-state index in [2.05, 4.69) is 10.6 Å². The molecule has 2 aromatic rings. The van der Waals surface area contributed by atoms with Gasteiger partial charge in [0.2, 0.25) is 11.8 Å². The third-order valence-electron chi connectivity index (χ3n) is 5.17. The van der Waals surface area contributed by atoms with Crippen LogP contribution in [-0.4, -0.2) is 57.1 Å². The lowest BCUT2D eigenvalue weighted by molar-refractivity contribution is -0.143. The van der Waals surface area contributed by atoms with E-state index in [1.165, 1.54) is 24.4 Å². The van der Waals surface area contributed by atoms with Gasteiger partial charge in [0.15, 0.2) is 0 Å². The van der Waals surface area contributed by atoms with Crippen LogP contribution in [0.5, 0.6) is 0 Å². The number of carboxylic acids is 1. The standard InChI is InChI=1S/C23H17F6N3O5S3/c1-10(19(36)30-7-18(34)35)31-17(33)8-32-20(37)16(40-21(32)38)6-15-4-12(9-39-15)11-2-13(22(24,25)26)5-14(3-11)23(27,28)29/h2-6,9-10H,7-8H2,1H3,(H,30,36)(H,31,33)(H,34,35)/t10-/m0/s1. The van der Waals surface area contributed by atoms with E-state index in [1.807, 2.05) is 0 Å². The Bertz CT molecular complexity index is 1370. The number of rotatable bonds is 8. The molecule has 3 amide bonds. The Morgan fingerprint density at radius 3 is 2.20 bits per heavy atom. The van der Waals surface area contributed by atoms with E-state index in [1.54, 1.807) is 0 Å². The summed E-state index contributed by atoms with van der Waals surface area (Å²) in [7, 11) is 0. The number of nitrogens with one attached hydrogen (secondary N) is 2. The zero-order valence-electron chi connectivity index (χ0n) is 20.0. The van der Waals surface area contributed by atoms with Crippen LogP contribution in [0.1, 0.15) is 22.9 Å². The van der Waals surface area contributed by atoms with Gasteiger partial charge in [-0.1, -0.05) is 24.0 Å². The molecule has 17 heteroatoms. The van der Waals surface area contributed by atoms with Crippen molar-refractivity contribution in [1.29, 1.82) is 0 Å². The molecule has 1 aromatic carbocycles. The fourth-order valence-corrected chi connectivity index (χ4v) is 5.45. The van der Waals surface area contributed by atoms with Crippen LogP contribution in [0.3, 0.4) is 0 Å². The van der Waals surface area contributed by atoms with Crippen molar-refractivity contribution < 1.29 is 50.6 Å². The fraction of sp³-hybridized carbons (Fsp3) is 0.261. The van der Waals surface area contributed by atoms with Gasteiger partial charge in [-0.05, 0) is 53.8 Å². The third-order valence-corrected chi connectivity index (χ3v) is 7.43. The normalized spacial score (nSPS) is 15.9. The number of carboxylic acid groups (broad SMARTS) is 1. The molecule has 3 rings (SSSR count). The number of hydrogen-bond acceptors (Lipinski definition) is 7. The Labute approximate surface area is 235 Å². The highest BCUT2D eigenvalue weighted by Gasteiger charge is 2.37. The fourth-order valence-electron chi connectivity index (χ4n) is 3.28. The Morgan fingerprint density at radius 1 is 1.05 bits per heavy atom. The van der Waals surface area contributed by atoms with Crippen molar-refractivity contribution in [3.05, 3.63) is 50.6 Å². The second-order valence-electron chi connectivity index (χ2n) is 8.20. The first-order valence-corrected chi connectivity index (χ1v) is 13.0. The molecule has 0 aliphatic carbocycles. The molecule has 1 fully saturated rings. The quantitative estimate of drug-likeness (QED) is 0.227. The number of alkyl halides is 6. The van der Waals surface area contributed by atoms with E-state index in [4.69, 9.17) is 17.3 Å². The van der Waals surface area contributed by atoms with E-state index in [0.29, 0.717) is 17.0 Å². The van der Waals surface area contributed by atoms with Gasteiger partial charge in [-0.3, -0.25) is 24.1 Å². The number of amides is 3.